The van der Waals surface area contributed by atoms with Gasteiger partial charge in [0.15, 0.2) is 0 Å². The van der Waals surface area contributed by atoms with E-state index in [2.05, 4.69) is 15.3 Å². The fourth-order valence-electron chi connectivity index (χ4n) is 2.47. The van der Waals surface area contributed by atoms with Crippen molar-refractivity contribution in [1.82, 2.24) is 19.9 Å². The fourth-order valence-corrected chi connectivity index (χ4v) is 2.47. The highest BCUT2D eigenvalue weighted by Gasteiger charge is 2.10. The van der Waals surface area contributed by atoms with Gasteiger partial charge in [0.05, 0.1) is 10.9 Å². The molecule has 0 bridgehead atoms. The summed E-state index contributed by atoms with van der Waals surface area (Å²) in [7, 11) is 0. The monoisotopic (exact) mass is 324 g/mol. The van der Waals surface area contributed by atoms with Crippen molar-refractivity contribution >= 4 is 16.8 Å². The minimum Gasteiger partial charge on any atom is -0.354 e. The molecule has 0 aliphatic carbocycles. The largest absolute Gasteiger partial charge is 0.354 e. The molecule has 1 aromatic carbocycles. The van der Waals surface area contributed by atoms with E-state index in [-0.39, 0.29) is 12.5 Å². The highest BCUT2D eigenvalue weighted by Crippen LogP contribution is 2.06. The number of rotatable bonds is 5. The van der Waals surface area contributed by atoms with E-state index in [4.69, 9.17) is 0 Å². The highest BCUT2D eigenvalue weighted by molar-refractivity contribution is 5.81. The number of benzene rings is 1. The summed E-state index contributed by atoms with van der Waals surface area (Å²) in [6.45, 7) is 0.268. The molecule has 0 fully saturated rings. The van der Waals surface area contributed by atoms with E-state index < -0.39 is 11.2 Å². The van der Waals surface area contributed by atoms with Gasteiger partial charge in [-0.2, -0.15) is 0 Å². The van der Waals surface area contributed by atoms with Crippen LogP contribution in [0.2, 0.25) is 0 Å². The van der Waals surface area contributed by atoms with Crippen LogP contribution in [0.15, 0.2) is 58.3 Å². The van der Waals surface area contributed by atoms with E-state index in [1.807, 2.05) is 18.2 Å². The molecule has 1 amide bonds. The van der Waals surface area contributed by atoms with E-state index in [0.29, 0.717) is 23.9 Å². The molecule has 0 saturated heterocycles. The molecule has 0 aliphatic heterocycles. The van der Waals surface area contributed by atoms with Crippen LogP contribution in [0.5, 0.6) is 0 Å². The zero-order valence-electron chi connectivity index (χ0n) is 12.9. The summed E-state index contributed by atoms with van der Waals surface area (Å²) in [5, 5.41) is 3.13. The molecular weight excluding hydrogens is 308 g/mol. The number of amides is 1. The number of carbonyl (C=O) groups excluding carboxylic acids is 1. The molecule has 3 aromatic rings. The normalized spacial score (nSPS) is 10.7. The third-order valence-electron chi connectivity index (χ3n) is 3.64. The van der Waals surface area contributed by atoms with E-state index in [0.717, 1.165) is 5.69 Å². The number of H-pyrrole nitrogens is 1. The molecule has 2 heterocycles. The molecule has 2 aromatic heterocycles. The van der Waals surface area contributed by atoms with Crippen molar-refractivity contribution in [2.45, 2.75) is 13.0 Å². The predicted molar refractivity (Wildman–Crippen MR) is 89.8 cm³/mol. The van der Waals surface area contributed by atoms with E-state index in [9.17, 15) is 14.4 Å². The lowest BCUT2D eigenvalue weighted by Gasteiger charge is -2.09. The van der Waals surface area contributed by atoms with Gasteiger partial charge in [0.1, 0.15) is 6.54 Å². The predicted octanol–water partition coefficient (Wildman–Crippen LogP) is 0.444. The molecule has 7 heteroatoms. The summed E-state index contributed by atoms with van der Waals surface area (Å²) in [6.07, 6.45) is 2.30. The van der Waals surface area contributed by atoms with Gasteiger partial charge >= 0.3 is 5.69 Å². The van der Waals surface area contributed by atoms with Crippen LogP contribution in [0.1, 0.15) is 5.69 Å². The fraction of sp³-hybridized carbons (Fsp3) is 0.176. The minimum absolute atomic E-state index is 0.154. The molecule has 0 saturated carbocycles. The highest BCUT2D eigenvalue weighted by atomic mass is 16.2. The summed E-state index contributed by atoms with van der Waals surface area (Å²) in [5.41, 5.74) is 0.261. The lowest BCUT2D eigenvalue weighted by Crippen LogP contribution is -2.37. The molecule has 0 spiro atoms. The second-order valence-corrected chi connectivity index (χ2v) is 5.28. The number of nitrogens with zero attached hydrogens (tertiary/aromatic N) is 2. The van der Waals surface area contributed by atoms with Crippen LogP contribution in [0.4, 0.5) is 0 Å². The summed E-state index contributed by atoms with van der Waals surface area (Å²) >= 11 is 0. The molecule has 0 unspecified atom stereocenters. The van der Waals surface area contributed by atoms with Crippen LogP contribution in [-0.4, -0.2) is 27.0 Å². The minimum atomic E-state index is -0.599. The van der Waals surface area contributed by atoms with Crippen LogP contribution >= 0.6 is 0 Å². The lowest BCUT2D eigenvalue weighted by molar-refractivity contribution is -0.121. The Labute approximate surface area is 137 Å². The third kappa shape index (κ3) is 3.40. The Morgan fingerprint density at radius 2 is 1.92 bits per heavy atom. The SMILES string of the molecule is O=C(Cn1c(=O)[nH]c(=O)c2ccccc21)NCCc1ccccn1. The Hall–Kier alpha value is -3.22. The van der Waals surface area contributed by atoms with Crippen molar-refractivity contribution in [1.29, 1.82) is 0 Å². The van der Waals surface area contributed by atoms with Crippen molar-refractivity contribution in [3.8, 4) is 0 Å². The van der Waals surface area contributed by atoms with E-state index in [1.54, 1.807) is 30.5 Å². The van der Waals surface area contributed by atoms with Gasteiger partial charge in [-0.3, -0.25) is 24.1 Å². The van der Waals surface area contributed by atoms with Crippen LogP contribution in [0.3, 0.4) is 0 Å². The zero-order valence-corrected chi connectivity index (χ0v) is 12.9. The number of carbonyl (C=O) groups is 1. The molecule has 2 N–H and O–H groups in total. The maximum atomic E-state index is 12.1. The first-order valence-electron chi connectivity index (χ1n) is 7.53. The smallest absolute Gasteiger partial charge is 0.329 e. The number of fused-ring (bicyclic) bond motifs is 1. The van der Waals surface area contributed by atoms with Gasteiger partial charge in [-0.1, -0.05) is 18.2 Å². The quantitative estimate of drug-likeness (QED) is 0.712. The summed E-state index contributed by atoms with van der Waals surface area (Å²) < 4.78 is 1.26. The molecule has 3 rings (SSSR count). The topological polar surface area (TPSA) is 96.9 Å². The van der Waals surface area contributed by atoms with Crippen molar-refractivity contribution in [2.75, 3.05) is 6.54 Å². The third-order valence-corrected chi connectivity index (χ3v) is 3.64. The molecule has 0 atom stereocenters. The average Bonchev–Trinajstić information content (AvgIpc) is 2.59. The first-order chi connectivity index (χ1) is 11.6. The Morgan fingerprint density at radius 3 is 2.71 bits per heavy atom. The Balaban J connectivity index is 1.72. The Kier molecular flexibility index (Phi) is 4.51. The second-order valence-electron chi connectivity index (χ2n) is 5.28. The van der Waals surface area contributed by atoms with Gasteiger partial charge in [0.25, 0.3) is 5.56 Å². The van der Waals surface area contributed by atoms with Gasteiger partial charge in [-0.15, -0.1) is 0 Å². The van der Waals surface area contributed by atoms with Gasteiger partial charge < -0.3 is 5.32 Å². The number of pyridine rings is 1. The molecular formula is C17H16N4O3. The van der Waals surface area contributed by atoms with Crippen LogP contribution in [-0.2, 0) is 17.8 Å². The first kappa shape index (κ1) is 15.7. The van der Waals surface area contributed by atoms with Gasteiger partial charge in [-0.05, 0) is 24.3 Å². The Bertz CT molecular complexity index is 976. The van der Waals surface area contributed by atoms with Crippen LogP contribution in [0, 0.1) is 0 Å². The van der Waals surface area contributed by atoms with Crippen molar-refractivity contribution < 1.29 is 4.79 Å². The maximum absolute atomic E-state index is 12.1. The van der Waals surface area contributed by atoms with Gasteiger partial charge in [-0.25, -0.2) is 4.79 Å². The van der Waals surface area contributed by atoms with E-state index in [1.165, 1.54) is 4.57 Å². The zero-order chi connectivity index (χ0) is 16.9. The molecule has 0 radical (unpaired) electrons. The molecule has 7 nitrogen and oxygen atoms in total. The summed E-state index contributed by atoms with van der Waals surface area (Å²) in [4.78, 5) is 42.3. The molecule has 122 valence electrons. The number of aromatic amines is 1. The van der Waals surface area contributed by atoms with E-state index >= 15 is 0 Å². The van der Waals surface area contributed by atoms with Crippen molar-refractivity contribution in [2.24, 2.45) is 0 Å². The van der Waals surface area contributed by atoms with Gasteiger partial charge in [0.2, 0.25) is 5.91 Å². The molecule has 24 heavy (non-hydrogen) atoms. The Morgan fingerprint density at radius 1 is 1.12 bits per heavy atom. The van der Waals surface area contributed by atoms with Crippen LogP contribution in [0.25, 0.3) is 10.9 Å². The maximum Gasteiger partial charge on any atom is 0.329 e. The average molecular weight is 324 g/mol. The number of aromatic nitrogens is 3. The summed E-state index contributed by atoms with van der Waals surface area (Å²) in [5.74, 6) is -0.301. The number of para-hydroxylation sites is 1. The van der Waals surface area contributed by atoms with Crippen LogP contribution < -0.4 is 16.6 Å². The second kappa shape index (κ2) is 6.91. The van der Waals surface area contributed by atoms with Gasteiger partial charge in [0, 0.05) is 24.9 Å². The number of hydrogen-bond donors (Lipinski definition) is 2. The number of nitrogens with one attached hydrogen (secondary N) is 2. The first-order valence-corrected chi connectivity index (χ1v) is 7.53. The number of hydrogen-bond acceptors (Lipinski definition) is 4. The van der Waals surface area contributed by atoms with Crippen molar-refractivity contribution in [3.05, 3.63) is 75.2 Å². The standard InChI is InChI=1S/C17H16N4O3/c22-15(19-10-8-12-5-3-4-9-18-12)11-21-14-7-2-1-6-13(14)16(23)20-17(21)24/h1-7,9H,8,10-11H2,(H,19,22)(H,20,23,24). The lowest BCUT2D eigenvalue weighted by atomic mass is 10.2. The van der Waals surface area contributed by atoms with Crippen molar-refractivity contribution in [3.63, 3.8) is 0 Å². The summed E-state index contributed by atoms with van der Waals surface area (Å²) in [6, 6.07) is 12.3. The molecule has 0 aliphatic rings.